The van der Waals surface area contributed by atoms with Gasteiger partial charge in [-0.2, -0.15) is 5.10 Å². The number of rotatable bonds is 7. The summed E-state index contributed by atoms with van der Waals surface area (Å²) in [6.45, 7) is -0.0163. The van der Waals surface area contributed by atoms with Crippen molar-refractivity contribution in [1.29, 1.82) is 0 Å². The van der Waals surface area contributed by atoms with E-state index in [4.69, 9.17) is 27.5 Å². The fourth-order valence-electron chi connectivity index (χ4n) is 1.75. The summed E-state index contributed by atoms with van der Waals surface area (Å²) in [5.74, 6) is 3.09. The molecule has 0 spiro atoms. The van der Waals surface area contributed by atoms with Crippen molar-refractivity contribution in [1.82, 2.24) is 5.43 Å². The summed E-state index contributed by atoms with van der Waals surface area (Å²) in [4.78, 5) is 11.7. The summed E-state index contributed by atoms with van der Waals surface area (Å²) in [7, 11) is 0. The molecule has 0 aromatic heterocycles. The molecule has 0 aliphatic carbocycles. The molecule has 0 atom stereocenters. The molecule has 0 heterocycles. The number of hydrazone groups is 1. The van der Waals surface area contributed by atoms with E-state index in [1.165, 1.54) is 6.21 Å². The molecule has 0 saturated heterocycles. The van der Waals surface area contributed by atoms with Crippen LogP contribution in [-0.4, -0.2) is 25.3 Å². The average Bonchev–Trinajstić information content (AvgIpc) is 2.59. The van der Waals surface area contributed by atoms with Crippen molar-refractivity contribution in [3.05, 3.63) is 59.1 Å². The van der Waals surface area contributed by atoms with Crippen molar-refractivity contribution in [3.63, 3.8) is 0 Å². The highest BCUT2D eigenvalue weighted by Gasteiger charge is 2.03. The molecule has 2 rings (SSSR count). The molecule has 1 N–H and O–H groups in total. The minimum Gasteiger partial charge on any atom is -0.484 e. The van der Waals surface area contributed by atoms with Crippen molar-refractivity contribution < 1.29 is 14.3 Å². The van der Waals surface area contributed by atoms with Gasteiger partial charge in [0.25, 0.3) is 5.91 Å². The zero-order chi connectivity index (χ0) is 17.2. The van der Waals surface area contributed by atoms with Gasteiger partial charge in [-0.3, -0.25) is 4.79 Å². The van der Waals surface area contributed by atoms with E-state index in [2.05, 4.69) is 16.4 Å². The van der Waals surface area contributed by atoms with E-state index in [0.717, 1.165) is 0 Å². The zero-order valence-corrected chi connectivity index (χ0v) is 13.5. The van der Waals surface area contributed by atoms with Crippen LogP contribution in [0.5, 0.6) is 11.5 Å². The molecule has 5 nitrogen and oxygen atoms in total. The SMILES string of the molecule is C#CCOc1ccccc1/C=N/NC(=O)COc1cccc(Cl)c1. The van der Waals surface area contributed by atoms with E-state index in [1.807, 2.05) is 12.1 Å². The Kier molecular flexibility index (Phi) is 6.69. The quantitative estimate of drug-likeness (QED) is 0.478. The Hall–Kier alpha value is -2.97. The highest BCUT2D eigenvalue weighted by Crippen LogP contribution is 2.17. The Labute approximate surface area is 145 Å². The number of benzene rings is 2. The van der Waals surface area contributed by atoms with E-state index < -0.39 is 5.91 Å². The van der Waals surface area contributed by atoms with Gasteiger partial charge in [-0.15, -0.1) is 6.42 Å². The molecule has 122 valence electrons. The van der Waals surface area contributed by atoms with Crippen LogP contribution in [0.4, 0.5) is 0 Å². The fraction of sp³-hybridized carbons (Fsp3) is 0.111. The summed E-state index contributed by atoms with van der Waals surface area (Å²) >= 11 is 5.83. The van der Waals surface area contributed by atoms with Gasteiger partial charge in [-0.25, -0.2) is 5.43 Å². The predicted molar refractivity (Wildman–Crippen MR) is 93.5 cm³/mol. The molecule has 0 fully saturated rings. The van der Waals surface area contributed by atoms with Gasteiger partial charge in [0.1, 0.15) is 18.1 Å². The van der Waals surface area contributed by atoms with Crippen LogP contribution in [-0.2, 0) is 4.79 Å². The number of hydrogen-bond acceptors (Lipinski definition) is 4. The third-order valence-electron chi connectivity index (χ3n) is 2.79. The first-order chi connectivity index (χ1) is 11.7. The van der Waals surface area contributed by atoms with Gasteiger partial charge in [-0.1, -0.05) is 35.7 Å². The lowest BCUT2D eigenvalue weighted by Crippen LogP contribution is -2.24. The van der Waals surface area contributed by atoms with Crippen LogP contribution in [0.2, 0.25) is 5.02 Å². The Morgan fingerprint density at radius 3 is 2.88 bits per heavy atom. The first-order valence-electron chi connectivity index (χ1n) is 7.04. The third kappa shape index (κ3) is 5.67. The van der Waals surface area contributed by atoms with E-state index in [-0.39, 0.29) is 13.2 Å². The van der Waals surface area contributed by atoms with E-state index >= 15 is 0 Å². The molecular formula is C18H15ClN2O3. The maximum absolute atomic E-state index is 11.7. The van der Waals surface area contributed by atoms with Crippen LogP contribution in [0.1, 0.15) is 5.56 Å². The number of ether oxygens (including phenoxy) is 2. The van der Waals surface area contributed by atoms with Crippen LogP contribution in [0.3, 0.4) is 0 Å². The number of halogens is 1. The standard InChI is InChI=1S/C18H15ClN2O3/c1-2-10-23-17-9-4-3-6-14(17)12-20-21-18(22)13-24-16-8-5-7-15(19)11-16/h1,3-9,11-12H,10,13H2,(H,21,22)/b20-12+. The molecule has 0 saturated carbocycles. The highest BCUT2D eigenvalue weighted by molar-refractivity contribution is 6.30. The fourth-order valence-corrected chi connectivity index (χ4v) is 1.93. The molecule has 1 amide bonds. The highest BCUT2D eigenvalue weighted by atomic mass is 35.5. The van der Waals surface area contributed by atoms with E-state index in [1.54, 1.807) is 36.4 Å². The lowest BCUT2D eigenvalue weighted by atomic mass is 10.2. The lowest BCUT2D eigenvalue weighted by Gasteiger charge is -2.06. The van der Waals surface area contributed by atoms with Gasteiger partial charge in [0.2, 0.25) is 0 Å². The normalized spacial score (nSPS) is 10.2. The van der Waals surface area contributed by atoms with Crippen LogP contribution in [0, 0.1) is 12.3 Å². The monoisotopic (exact) mass is 342 g/mol. The minimum absolute atomic E-state index is 0.157. The Morgan fingerprint density at radius 2 is 2.08 bits per heavy atom. The molecule has 6 heteroatoms. The third-order valence-corrected chi connectivity index (χ3v) is 3.02. The molecule has 2 aromatic rings. The number of carbonyl (C=O) groups excluding carboxylic acids is 1. The van der Waals surface area contributed by atoms with Crippen LogP contribution >= 0.6 is 11.6 Å². The molecule has 0 unspecified atom stereocenters. The van der Waals surface area contributed by atoms with Crippen LogP contribution < -0.4 is 14.9 Å². The van der Waals surface area contributed by atoms with E-state index in [9.17, 15) is 4.79 Å². The maximum atomic E-state index is 11.7. The number of para-hydroxylation sites is 1. The van der Waals surface area contributed by atoms with E-state index in [0.29, 0.717) is 22.1 Å². The van der Waals surface area contributed by atoms with Gasteiger partial charge in [0, 0.05) is 10.6 Å². The zero-order valence-electron chi connectivity index (χ0n) is 12.7. The molecule has 0 aliphatic rings. The van der Waals surface area contributed by atoms with Gasteiger partial charge in [-0.05, 0) is 30.3 Å². The first-order valence-corrected chi connectivity index (χ1v) is 7.42. The summed E-state index contributed by atoms with van der Waals surface area (Å²) in [6.07, 6.45) is 6.64. The number of amides is 1. The number of nitrogens with zero attached hydrogens (tertiary/aromatic N) is 1. The topological polar surface area (TPSA) is 59.9 Å². The van der Waals surface area contributed by atoms with Crippen molar-refractivity contribution in [2.45, 2.75) is 0 Å². The largest absolute Gasteiger partial charge is 0.484 e. The predicted octanol–water partition coefficient (Wildman–Crippen LogP) is 2.88. The summed E-state index contributed by atoms with van der Waals surface area (Å²) in [6, 6.07) is 14.0. The Bertz CT molecular complexity index is 769. The van der Waals surface area contributed by atoms with Crippen molar-refractivity contribution in [2.75, 3.05) is 13.2 Å². The summed E-state index contributed by atoms with van der Waals surface area (Å²) in [5.41, 5.74) is 3.07. The smallest absolute Gasteiger partial charge is 0.277 e. The second-order valence-corrected chi connectivity index (χ2v) is 5.01. The maximum Gasteiger partial charge on any atom is 0.277 e. The molecule has 0 radical (unpaired) electrons. The Morgan fingerprint density at radius 1 is 1.25 bits per heavy atom. The second-order valence-electron chi connectivity index (χ2n) is 4.57. The number of hydrogen-bond donors (Lipinski definition) is 1. The molecule has 2 aromatic carbocycles. The molecule has 0 bridgehead atoms. The number of terminal acetylenes is 1. The first kappa shape index (κ1) is 17.4. The number of carbonyl (C=O) groups is 1. The van der Waals surface area contributed by atoms with Crippen molar-refractivity contribution in [3.8, 4) is 23.8 Å². The molecular weight excluding hydrogens is 328 g/mol. The van der Waals surface area contributed by atoms with Gasteiger partial charge in [0.15, 0.2) is 6.61 Å². The molecule has 0 aliphatic heterocycles. The van der Waals surface area contributed by atoms with Gasteiger partial charge < -0.3 is 9.47 Å². The number of nitrogens with one attached hydrogen (secondary N) is 1. The average molecular weight is 343 g/mol. The molecule has 24 heavy (non-hydrogen) atoms. The summed E-state index contributed by atoms with van der Waals surface area (Å²) < 4.78 is 10.7. The van der Waals surface area contributed by atoms with Crippen LogP contribution in [0.15, 0.2) is 53.6 Å². The van der Waals surface area contributed by atoms with Crippen molar-refractivity contribution in [2.24, 2.45) is 5.10 Å². The van der Waals surface area contributed by atoms with Crippen molar-refractivity contribution >= 4 is 23.7 Å². The van der Waals surface area contributed by atoms with Gasteiger partial charge >= 0.3 is 0 Å². The van der Waals surface area contributed by atoms with Gasteiger partial charge in [0.05, 0.1) is 6.21 Å². The van der Waals surface area contributed by atoms with Crippen LogP contribution in [0.25, 0.3) is 0 Å². The minimum atomic E-state index is -0.395. The summed E-state index contributed by atoms with van der Waals surface area (Å²) in [5, 5.41) is 4.41. The second kappa shape index (κ2) is 9.23. The Balaban J connectivity index is 1.85. The lowest BCUT2D eigenvalue weighted by molar-refractivity contribution is -0.123.